The Morgan fingerprint density at radius 2 is 1.30 bits per heavy atom. The minimum absolute atomic E-state index is 0.334. The maximum Gasteiger partial charge on any atom is 0.426 e. The molecule has 0 radical (unpaired) electrons. The summed E-state index contributed by atoms with van der Waals surface area (Å²) in [5.74, 6) is 0. The molecule has 8 heteroatoms. The second-order valence-electron chi connectivity index (χ2n) is 10.6. The highest BCUT2D eigenvalue weighted by Crippen LogP contribution is 2.46. The molecule has 0 bridgehead atoms. The van der Waals surface area contributed by atoms with Crippen LogP contribution in [0.25, 0.3) is 11.3 Å². The van der Waals surface area contributed by atoms with E-state index in [0.29, 0.717) is 11.1 Å². The van der Waals surface area contributed by atoms with Gasteiger partial charge in [-0.3, -0.25) is 4.98 Å². The van der Waals surface area contributed by atoms with Crippen molar-refractivity contribution in [3.63, 3.8) is 0 Å². The summed E-state index contributed by atoms with van der Waals surface area (Å²) < 4.78 is 78.9. The lowest BCUT2D eigenvalue weighted by molar-refractivity contribution is -0.369. The lowest BCUT2D eigenvalue weighted by Gasteiger charge is -2.35. The maximum absolute atomic E-state index is 13.1. The number of pyridine rings is 1. The van der Waals surface area contributed by atoms with E-state index in [9.17, 15) is 31.4 Å². The Kier molecular flexibility index (Phi) is 9.44. The molecule has 1 heterocycles. The van der Waals surface area contributed by atoms with Gasteiger partial charge in [0.1, 0.15) is 0 Å². The van der Waals surface area contributed by atoms with Crippen LogP contribution in [0.4, 0.5) is 26.3 Å². The first-order valence-corrected chi connectivity index (χ1v) is 13.7. The predicted octanol–water partition coefficient (Wildman–Crippen LogP) is 9.21. The Balaban J connectivity index is 1.93. The molecule has 0 saturated carbocycles. The molecule has 0 spiro atoms. The van der Waals surface area contributed by atoms with Gasteiger partial charge < -0.3 is 5.11 Å². The first-order valence-electron chi connectivity index (χ1n) is 13.7. The van der Waals surface area contributed by atoms with Crippen LogP contribution in [0.3, 0.4) is 0 Å². The standard InChI is InChI=1S/C32H37F6NO/c1-6-9-23-10-15-28(39-20-23)27-14-13-26(19-22(27)5)29(7-2,8-3)25-12-11-24(21(4)18-25)16-17-30(40,31(33,34)35)32(36,37)38/h10-15,18-20,40H,6-9,16-17H2,1-5H3. The number of hydrogen-bond acceptors (Lipinski definition) is 2. The lowest BCUT2D eigenvalue weighted by Crippen LogP contribution is -2.57. The molecule has 0 saturated heterocycles. The molecule has 40 heavy (non-hydrogen) atoms. The summed E-state index contributed by atoms with van der Waals surface area (Å²) in [5.41, 5.74) is 1.95. The third-order valence-corrected chi connectivity index (χ3v) is 8.21. The number of hydrogen-bond donors (Lipinski definition) is 1. The van der Waals surface area contributed by atoms with Crippen molar-refractivity contribution in [3.8, 4) is 11.3 Å². The predicted molar refractivity (Wildman–Crippen MR) is 146 cm³/mol. The molecule has 3 rings (SSSR count). The number of aromatic nitrogens is 1. The van der Waals surface area contributed by atoms with Gasteiger partial charge >= 0.3 is 12.4 Å². The zero-order valence-electron chi connectivity index (χ0n) is 23.6. The third kappa shape index (κ3) is 6.07. The summed E-state index contributed by atoms with van der Waals surface area (Å²) in [5, 5.41) is 9.56. The van der Waals surface area contributed by atoms with Crippen LogP contribution in [-0.2, 0) is 18.3 Å². The quantitative estimate of drug-likeness (QED) is 0.249. The van der Waals surface area contributed by atoms with E-state index in [4.69, 9.17) is 0 Å². The number of halogens is 6. The normalized spacial score (nSPS) is 13.1. The van der Waals surface area contributed by atoms with Gasteiger partial charge in [-0.25, -0.2) is 0 Å². The maximum atomic E-state index is 13.1. The van der Waals surface area contributed by atoms with Crippen LogP contribution < -0.4 is 0 Å². The summed E-state index contributed by atoms with van der Waals surface area (Å²) in [6.45, 7) is 9.97. The van der Waals surface area contributed by atoms with Gasteiger partial charge in [-0.15, -0.1) is 0 Å². The highest BCUT2D eigenvalue weighted by molar-refractivity contribution is 5.65. The first kappa shape index (κ1) is 31.7. The smallest absolute Gasteiger partial charge is 0.374 e. The molecular weight excluding hydrogens is 528 g/mol. The van der Waals surface area contributed by atoms with Crippen molar-refractivity contribution in [2.24, 2.45) is 0 Å². The number of nitrogens with zero attached hydrogens (tertiary/aromatic N) is 1. The van der Waals surface area contributed by atoms with E-state index in [1.54, 1.807) is 19.1 Å². The van der Waals surface area contributed by atoms with Crippen LogP contribution in [0.1, 0.15) is 79.8 Å². The second-order valence-corrected chi connectivity index (χ2v) is 10.6. The molecule has 0 aliphatic heterocycles. The Morgan fingerprint density at radius 3 is 1.75 bits per heavy atom. The van der Waals surface area contributed by atoms with Gasteiger partial charge in [-0.1, -0.05) is 69.7 Å². The molecule has 0 fully saturated rings. The summed E-state index contributed by atoms with van der Waals surface area (Å²) >= 11 is 0. The van der Waals surface area contributed by atoms with Crippen molar-refractivity contribution >= 4 is 0 Å². The van der Waals surface area contributed by atoms with Gasteiger partial charge in [0, 0.05) is 17.2 Å². The fourth-order valence-corrected chi connectivity index (χ4v) is 5.54. The molecule has 3 aromatic rings. The zero-order valence-corrected chi connectivity index (χ0v) is 23.6. The highest BCUT2D eigenvalue weighted by Gasteiger charge is 2.69. The Hall–Kier alpha value is -2.87. The van der Waals surface area contributed by atoms with E-state index in [0.717, 1.165) is 53.6 Å². The summed E-state index contributed by atoms with van der Waals surface area (Å²) in [4.78, 5) is 4.65. The average molecular weight is 566 g/mol. The van der Waals surface area contributed by atoms with Crippen molar-refractivity contribution in [2.45, 2.75) is 96.5 Å². The van der Waals surface area contributed by atoms with Crippen molar-refractivity contribution in [2.75, 3.05) is 0 Å². The molecule has 2 nitrogen and oxygen atoms in total. The van der Waals surface area contributed by atoms with Gasteiger partial charge in [0.2, 0.25) is 0 Å². The molecule has 1 N–H and O–H groups in total. The van der Waals surface area contributed by atoms with Crippen molar-refractivity contribution in [1.82, 2.24) is 4.98 Å². The van der Waals surface area contributed by atoms with Crippen molar-refractivity contribution in [1.29, 1.82) is 0 Å². The fourth-order valence-electron chi connectivity index (χ4n) is 5.54. The number of alkyl halides is 6. The topological polar surface area (TPSA) is 33.1 Å². The van der Waals surface area contributed by atoms with E-state index in [1.807, 2.05) is 25.3 Å². The van der Waals surface area contributed by atoms with E-state index < -0.39 is 36.2 Å². The summed E-state index contributed by atoms with van der Waals surface area (Å²) in [7, 11) is 0. The largest absolute Gasteiger partial charge is 0.426 e. The van der Waals surface area contributed by atoms with Crippen molar-refractivity contribution in [3.05, 3.63) is 88.1 Å². The van der Waals surface area contributed by atoms with E-state index in [1.165, 1.54) is 5.56 Å². The van der Waals surface area contributed by atoms with Crippen molar-refractivity contribution < 1.29 is 31.4 Å². The van der Waals surface area contributed by atoms with Gasteiger partial charge in [-0.05, 0) is 85.4 Å². The molecule has 1 aromatic heterocycles. The molecule has 0 atom stereocenters. The molecule has 0 aliphatic carbocycles. The van der Waals surface area contributed by atoms with E-state index >= 15 is 0 Å². The Morgan fingerprint density at radius 1 is 0.725 bits per heavy atom. The van der Waals surface area contributed by atoms with E-state index in [2.05, 4.69) is 50.0 Å². The van der Waals surface area contributed by atoms with Gasteiger partial charge in [-0.2, -0.15) is 26.3 Å². The van der Waals surface area contributed by atoms with Crippen LogP contribution in [0.15, 0.2) is 54.7 Å². The Bertz CT molecular complexity index is 1280. The second kappa shape index (κ2) is 11.9. The molecule has 0 amide bonds. The number of aryl methyl sites for hydroxylation is 4. The van der Waals surface area contributed by atoms with Crippen LogP contribution in [0, 0.1) is 13.8 Å². The third-order valence-electron chi connectivity index (χ3n) is 8.21. The van der Waals surface area contributed by atoms with Gasteiger partial charge in [0.05, 0.1) is 5.69 Å². The first-order chi connectivity index (χ1) is 18.6. The average Bonchev–Trinajstić information content (AvgIpc) is 2.88. The number of benzene rings is 2. The Labute approximate surface area is 232 Å². The zero-order chi connectivity index (χ0) is 29.9. The molecule has 0 unspecified atom stereocenters. The monoisotopic (exact) mass is 565 g/mol. The number of rotatable bonds is 10. The minimum Gasteiger partial charge on any atom is -0.374 e. The molecular formula is C32H37F6NO. The molecule has 0 aliphatic rings. The fraction of sp³-hybridized carbons (Fsp3) is 0.469. The SMILES string of the molecule is CCCc1ccc(-c2ccc(C(CC)(CC)c3ccc(CCC(O)(C(F)(F)F)C(F)(F)F)c(C)c3)cc2C)nc1. The molecule has 2 aromatic carbocycles. The van der Waals surface area contributed by atoms with Crippen LogP contribution in [0.5, 0.6) is 0 Å². The molecule has 218 valence electrons. The highest BCUT2D eigenvalue weighted by atomic mass is 19.4. The summed E-state index contributed by atoms with van der Waals surface area (Å²) in [6.07, 6.45) is -8.29. The minimum atomic E-state index is -5.82. The van der Waals surface area contributed by atoms with Crippen LogP contribution >= 0.6 is 0 Å². The van der Waals surface area contributed by atoms with E-state index in [-0.39, 0.29) is 0 Å². The van der Waals surface area contributed by atoms with Crippen LogP contribution in [-0.4, -0.2) is 28.0 Å². The lowest BCUT2D eigenvalue weighted by atomic mass is 9.69. The van der Waals surface area contributed by atoms with Gasteiger partial charge in [0.25, 0.3) is 5.60 Å². The van der Waals surface area contributed by atoms with Gasteiger partial charge in [0.15, 0.2) is 0 Å². The summed E-state index contributed by atoms with van der Waals surface area (Å²) in [6, 6.07) is 15.6. The number of aliphatic hydroxyl groups is 1. The van der Waals surface area contributed by atoms with Crippen LogP contribution in [0.2, 0.25) is 0 Å².